The lowest BCUT2D eigenvalue weighted by molar-refractivity contribution is -0.123. The zero-order valence-corrected chi connectivity index (χ0v) is 12.7. The first-order chi connectivity index (χ1) is 10.1. The van der Waals surface area contributed by atoms with Gasteiger partial charge in [0, 0.05) is 19.7 Å². The van der Waals surface area contributed by atoms with Crippen molar-refractivity contribution >= 4 is 5.91 Å². The Morgan fingerprint density at radius 2 is 2.19 bits per heavy atom. The number of carbonyl (C=O) groups excluding carboxylic acids is 1. The van der Waals surface area contributed by atoms with Gasteiger partial charge in [0.25, 0.3) is 0 Å². The molecule has 0 radical (unpaired) electrons. The highest BCUT2D eigenvalue weighted by Crippen LogP contribution is 2.32. The molecule has 1 unspecified atom stereocenters. The lowest BCUT2D eigenvalue weighted by atomic mass is 10.2. The van der Waals surface area contributed by atoms with E-state index in [1.807, 2.05) is 37.1 Å². The fourth-order valence-corrected chi connectivity index (χ4v) is 2.26. The van der Waals surface area contributed by atoms with Gasteiger partial charge in [0.05, 0.1) is 13.2 Å². The summed E-state index contributed by atoms with van der Waals surface area (Å²) < 4.78 is 15.6. The molecule has 116 valence electrons. The molecule has 0 aliphatic carbocycles. The Labute approximate surface area is 125 Å². The summed E-state index contributed by atoms with van der Waals surface area (Å²) in [7, 11) is 3.53. The molecule has 6 heteroatoms. The molecule has 0 spiro atoms. The van der Waals surface area contributed by atoms with Crippen molar-refractivity contribution in [3.8, 4) is 11.5 Å². The largest absolute Gasteiger partial charge is 0.454 e. The third kappa shape index (κ3) is 4.61. The highest BCUT2D eigenvalue weighted by molar-refractivity contribution is 5.78. The maximum absolute atomic E-state index is 11.9. The second-order valence-electron chi connectivity index (χ2n) is 5.28. The Hall–Kier alpha value is -1.79. The van der Waals surface area contributed by atoms with E-state index in [1.54, 1.807) is 7.11 Å². The second kappa shape index (κ2) is 7.28. The van der Waals surface area contributed by atoms with E-state index >= 15 is 0 Å². The maximum atomic E-state index is 11.9. The standard InChI is InChI=1S/C15H22N2O4/c1-11(9-19-3)16-15(18)8-17(2)7-12-4-5-13-14(6-12)21-10-20-13/h4-6,11H,7-10H2,1-3H3,(H,16,18). The number of amides is 1. The number of benzene rings is 1. The van der Waals surface area contributed by atoms with Gasteiger partial charge < -0.3 is 19.5 Å². The molecular weight excluding hydrogens is 272 g/mol. The van der Waals surface area contributed by atoms with Crippen molar-refractivity contribution in [1.29, 1.82) is 0 Å². The monoisotopic (exact) mass is 294 g/mol. The van der Waals surface area contributed by atoms with Crippen molar-refractivity contribution in [2.45, 2.75) is 19.5 Å². The van der Waals surface area contributed by atoms with Gasteiger partial charge >= 0.3 is 0 Å². The molecule has 0 saturated carbocycles. The minimum atomic E-state index is -0.0113. The second-order valence-corrected chi connectivity index (χ2v) is 5.28. The summed E-state index contributed by atoms with van der Waals surface area (Å²) in [6.07, 6.45) is 0. The zero-order valence-electron chi connectivity index (χ0n) is 12.7. The van der Waals surface area contributed by atoms with Crippen molar-refractivity contribution in [2.24, 2.45) is 0 Å². The number of methoxy groups -OCH3 is 1. The molecule has 0 bridgehead atoms. The lowest BCUT2D eigenvalue weighted by Crippen LogP contribution is -2.41. The molecule has 1 aliphatic heterocycles. The van der Waals surface area contributed by atoms with Crippen LogP contribution < -0.4 is 14.8 Å². The first kappa shape index (κ1) is 15.6. The minimum Gasteiger partial charge on any atom is -0.454 e. The molecular formula is C15H22N2O4. The molecule has 1 amide bonds. The van der Waals surface area contributed by atoms with Crippen LogP contribution in [0.1, 0.15) is 12.5 Å². The Morgan fingerprint density at radius 1 is 1.43 bits per heavy atom. The van der Waals surface area contributed by atoms with Crippen molar-refractivity contribution in [3.05, 3.63) is 23.8 Å². The van der Waals surface area contributed by atoms with Gasteiger partial charge in [0.1, 0.15) is 0 Å². The Bertz CT molecular complexity index is 493. The van der Waals surface area contributed by atoms with E-state index in [-0.39, 0.29) is 18.7 Å². The quantitative estimate of drug-likeness (QED) is 0.813. The average molecular weight is 294 g/mol. The Kier molecular flexibility index (Phi) is 5.41. The van der Waals surface area contributed by atoms with E-state index in [1.165, 1.54) is 0 Å². The van der Waals surface area contributed by atoms with E-state index in [2.05, 4.69) is 5.32 Å². The van der Waals surface area contributed by atoms with Gasteiger partial charge in [0.2, 0.25) is 12.7 Å². The molecule has 0 fully saturated rings. The summed E-state index contributed by atoms with van der Waals surface area (Å²) in [5, 5.41) is 2.89. The van der Waals surface area contributed by atoms with E-state index in [9.17, 15) is 4.79 Å². The van der Waals surface area contributed by atoms with Gasteiger partial charge in [-0.2, -0.15) is 0 Å². The van der Waals surface area contributed by atoms with Gasteiger partial charge in [0.15, 0.2) is 11.5 Å². The van der Waals surface area contributed by atoms with Crippen molar-refractivity contribution in [2.75, 3.05) is 34.1 Å². The fraction of sp³-hybridized carbons (Fsp3) is 0.533. The number of ether oxygens (including phenoxy) is 3. The molecule has 1 aromatic carbocycles. The van der Waals surface area contributed by atoms with Crippen LogP contribution in [0.5, 0.6) is 11.5 Å². The van der Waals surface area contributed by atoms with Crippen LogP contribution in [-0.4, -0.2) is 51.0 Å². The predicted octanol–water partition coefficient (Wildman–Crippen LogP) is 0.998. The van der Waals surface area contributed by atoms with Gasteiger partial charge in [-0.3, -0.25) is 9.69 Å². The van der Waals surface area contributed by atoms with Crippen molar-refractivity contribution in [1.82, 2.24) is 10.2 Å². The van der Waals surface area contributed by atoms with Gasteiger partial charge in [-0.15, -0.1) is 0 Å². The first-order valence-corrected chi connectivity index (χ1v) is 6.94. The smallest absolute Gasteiger partial charge is 0.234 e. The number of likely N-dealkylation sites (N-methyl/N-ethyl adjacent to an activating group) is 1. The van der Waals surface area contributed by atoms with Crippen LogP contribution in [0.25, 0.3) is 0 Å². The molecule has 1 heterocycles. The summed E-state index contributed by atoms with van der Waals surface area (Å²) in [6.45, 7) is 3.70. The first-order valence-electron chi connectivity index (χ1n) is 6.94. The van der Waals surface area contributed by atoms with E-state index in [0.717, 1.165) is 17.1 Å². The maximum Gasteiger partial charge on any atom is 0.234 e. The highest BCUT2D eigenvalue weighted by Gasteiger charge is 2.15. The number of nitrogens with one attached hydrogen (secondary N) is 1. The van der Waals surface area contributed by atoms with Crippen LogP contribution in [0.4, 0.5) is 0 Å². The van der Waals surface area contributed by atoms with Crippen LogP contribution in [0.2, 0.25) is 0 Å². The highest BCUT2D eigenvalue weighted by atomic mass is 16.7. The minimum absolute atomic E-state index is 0.0113. The fourth-order valence-electron chi connectivity index (χ4n) is 2.26. The molecule has 1 atom stereocenters. The molecule has 0 aromatic heterocycles. The van der Waals surface area contributed by atoms with E-state index < -0.39 is 0 Å². The molecule has 0 saturated heterocycles. The van der Waals surface area contributed by atoms with Gasteiger partial charge in [-0.05, 0) is 31.7 Å². The normalized spacial score (nSPS) is 14.3. The summed E-state index contributed by atoms with van der Waals surface area (Å²) in [5.74, 6) is 1.52. The number of fused-ring (bicyclic) bond motifs is 1. The number of nitrogens with zero attached hydrogens (tertiary/aromatic N) is 1. The van der Waals surface area contributed by atoms with Crippen LogP contribution >= 0.6 is 0 Å². The third-order valence-electron chi connectivity index (χ3n) is 3.13. The van der Waals surface area contributed by atoms with Crippen molar-refractivity contribution in [3.63, 3.8) is 0 Å². The van der Waals surface area contributed by atoms with E-state index in [0.29, 0.717) is 19.7 Å². The molecule has 21 heavy (non-hydrogen) atoms. The Balaban J connectivity index is 1.81. The molecule has 1 N–H and O–H groups in total. The Morgan fingerprint density at radius 3 is 2.95 bits per heavy atom. The molecule has 2 rings (SSSR count). The average Bonchev–Trinajstić information content (AvgIpc) is 2.85. The number of rotatable bonds is 7. The topological polar surface area (TPSA) is 60.0 Å². The number of carbonyl (C=O) groups is 1. The number of hydrogen-bond donors (Lipinski definition) is 1. The summed E-state index contributed by atoms with van der Waals surface area (Å²) in [6, 6.07) is 5.84. The summed E-state index contributed by atoms with van der Waals surface area (Å²) >= 11 is 0. The van der Waals surface area contributed by atoms with Crippen LogP contribution in [0.15, 0.2) is 18.2 Å². The molecule has 6 nitrogen and oxygen atoms in total. The predicted molar refractivity (Wildman–Crippen MR) is 78.4 cm³/mol. The molecule has 1 aliphatic rings. The summed E-state index contributed by atoms with van der Waals surface area (Å²) in [5.41, 5.74) is 1.08. The lowest BCUT2D eigenvalue weighted by Gasteiger charge is -2.18. The van der Waals surface area contributed by atoms with Crippen molar-refractivity contribution < 1.29 is 19.0 Å². The zero-order chi connectivity index (χ0) is 15.2. The van der Waals surface area contributed by atoms with E-state index in [4.69, 9.17) is 14.2 Å². The number of hydrogen-bond acceptors (Lipinski definition) is 5. The summed E-state index contributed by atoms with van der Waals surface area (Å²) in [4.78, 5) is 13.8. The SMILES string of the molecule is COCC(C)NC(=O)CN(C)Cc1ccc2c(c1)OCO2. The third-order valence-corrected chi connectivity index (χ3v) is 3.13. The van der Waals surface area contributed by atoms with Gasteiger partial charge in [-0.25, -0.2) is 0 Å². The van der Waals surface area contributed by atoms with Crippen LogP contribution in [-0.2, 0) is 16.1 Å². The van der Waals surface area contributed by atoms with Gasteiger partial charge in [-0.1, -0.05) is 6.07 Å². The molecule has 1 aromatic rings. The van der Waals surface area contributed by atoms with Crippen LogP contribution in [0, 0.1) is 0 Å². The van der Waals surface area contributed by atoms with Crippen LogP contribution in [0.3, 0.4) is 0 Å².